The van der Waals surface area contributed by atoms with Crippen LogP contribution >= 0.6 is 23.4 Å². The summed E-state index contributed by atoms with van der Waals surface area (Å²) >= 11 is 7.16. The third-order valence-electron chi connectivity index (χ3n) is 4.06. The molecule has 1 aromatic rings. The lowest BCUT2D eigenvalue weighted by Gasteiger charge is -2.43. The number of halogens is 1. The van der Waals surface area contributed by atoms with Crippen LogP contribution in [0.5, 0.6) is 0 Å². The molecule has 2 unspecified atom stereocenters. The highest BCUT2D eigenvalue weighted by atomic mass is 35.5. The SMILES string of the molecule is CC1(C)SC2C(NC(=O)Nc3ccc(Cl)cc3)C(=O)N2[C@H]1C(=O)O. The summed E-state index contributed by atoms with van der Waals surface area (Å²) in [5, 5.41) is 14.8. The molecule has 24 heavy (non-hydrogen) atoms. The number of carboxylic acids is 1. The lowest BCUT2D eigenvalue weighted by atomic mass is 9.96. The number of carbonyl (C=O) groups is 3. The number of nitrogens with one attached hydrogen (secondary N) is 2. The highest BCUT2D eigenvalue weighted by Gasteiger charge is 2.64. The van der Waals surface area contributed by atoms with E-state index in [1.165, 1.54) is 16.7 Å². The molecule has 0 spiro atoms. The molecule has 2 saturated heterocycles. The third-order valence-corrected chi connectivity index (χ3v) is 5.89. The molecule has 2 aliphatic heterocycles. The van der Waals surface area contributed by atoms with Crippen LogP contribution < -0.4 is 10.6 Å². The summed E-state index contributed by atoms with van der Waals surface area (Å²) < 4.78 is -0.616. The van der Waals surface area contributed by atoms with Crippen molar-refractivity contribution in [2.24, 2.45) is 0 Å². The number of benzene rings is 1. The Labute approximate surface area is 147 Å². The highest BCUT2D eigenvalue weighted by molar-refractivity contribution is 8.01. The molecule has 1 aromatic carbocycles. The van der Waals surface area contributed by atoms with E-state index in [0.717, 1.165) is 0 Å². The van der Waals surface area contributed by atoms with Gasteiger partial charge in [-0.2, -0.15) is 0 Å². The number of carbonyl (C=O) groups excluding carboxylic acids is 2. The van der Waals surface area contributed by atoms with Crippen LogP contribution in [0.15, 0.2) is 24.3 Å². The minimum Gasteiger partial charge on any atom is -0.480 e. The molecule has 0 saturated carbocycles. The van der Waals surface area contributed by atoms with E-state index in [1.54, 1.807) is 38.1 Å². The monoisotopic (exact) mass is 369 g/mol. The predicted octanol–water partition coefficient (Wildman–Crippen LogP) is 1.98. The average Bonchev–Trinajstić information content (AvgIpc) is 2.76. The van der Waals surface area contributed by atoms with Gasteiger partial charge in [-0.3, -0.25) is 4.79 Å². The zero-order valence-electron chi connectivity index (χ0n) is 12.9. The van der Waals surface area contributed by atoms with Crippen LogP contribution in [-0.2, 0) is 9.59 Å². The maximum atomic E-state index is 12.3. The second-order valence-electron chi connectivity index (χ2n) is 6.18. The summed E-state index contributed by atoms with van der Waals surface area (Å²) in [6.07, 6.45) is 0. The van der Waals surface area contributed by atoms with E-state index >= 15 is 0 Å². The molecule has 9 heteroatoms. The van der Waals surface area contributed by atoms with Gasteiger partial charge in [0.1, 0.15) is 17.5 Å². The molecule has 3 N–H and O–H groups in total. The van der Waals surface area contributed by atoms with Gasteiger partial charge in [-0.15, -0.1) is 11.8 Å². The maximum absolute atomic E-state index is 12.3. The number of rotatable bonds is 3. The molecular weight excluding hydrogens is 354 g/mol. The molecule has 2 fully saturated rings. The Morgan fingerprint density at radius 3 is 2.50 bits per heavy atom. The number of β-lactam (4-membered cyclic amide) rings is 1. The van der Waals surface area contributed by atoms with Crippen molar-refractivity contribution in [3.63, 3.8) is 0 Å². The lowest BCUT2D eigenvalue weighted by molar-refractivity contribution is -0.159. The number of anilines is 1. The van der Waals surface area contributed by atoms with Crippen molar-refractivity contribution in [3.05, 3.63) is 29.3 Å². The van der Waals surface area contributed by atoms with E-state index in [-0.39, 0.29) is 11.3 Å². The van der Waals surface area contributed by atoms with E-state index < -0.39 is 28.8 Å². The Balaban J connectivity index is 1.65. The van der Waals surface area contributed by atoms with Crippen LogP contribution in [0.1, 0.15) is 13.8 Å². The van der Waals surface area contributed by atoms with E-state index in [9.17, 15) is 19.5 Å². The van der Waals surface area contributed by atoms with E-state index in [4.69, 9.17) is 11.6 Å². The first kappa shape index (κ1) is 16.9. The summed E-state index contributed by atoms with van der Waals surface area (Å²) in [5.41, 5.74) is 0.545. The number of fused-ring (bicyclic) bond motifs is 1. The zero-order chi connectivity index (χ0) is 17.6. The van der Waals surface area contributed by atoms with E-state index in [0.29, 0.717) is 10.7 Å². The van der Waals surface area contributed by atoms with Gasteiger partial charge in [-0.05, 0) is 38.1 Å². The molecule has 3 rings (SSSR count). The number of thioether (sulfide) groups is 1. The molecule has 7 nitrogen and oxygen atoms in total. The molecule has 0 radical (unpaired) electrons. The summed E-state index contributed by atoms with van der Waals surface area (Å²) in [7, 11) is 0. The second kappa shape index (κ2) is 5.86. The van der Waals surface area contributed by atoms with E-state index in [1.807, 2.05) is 0 Å². The van der Waals surface area contributed by atoms with Crippen molar-refractivity contribution in [1.82, 2.24) is 10.2 Å². The fourth-order valence-corrected chi connectivity index (χ4v) is 4.74. The number of amides is 3. The molecule has 3 amide bonds. The Kier molecular flexibility index (Phi) is 4.13. The molecule has 0 aliphatic carbocycles. The quantitative estimate of drug-likeness (QED) is 0.707. The van der Waals surface area contributed by atoms with Crippen molar-refractivity contribution < 1.29 is 19.5 Å². The van der Waals surface area contributed by atoms with Gasteiger partial charge in [0.25, 0.3) is 0 Å². The number of hydrogen-bond acceptors (Lipinski definition) is 4. The topological polar surface area (TPSA) is 98.7 Å². The third kappa shape index (κ3) is 2.80. The number of aliphatic carboxylic acids is 1. The van der Waals surface area contributed by atoms with Crippen molar-refractivity contribution in [2.45, 2.75) is 36.1 Å². The van der Waals surface area contributed by atoms with Crippen LogP contribution in [0.4, 0.5) is 10.5 Å². The minimum atomic E-state index is -1.03. The van der Waals surface area contributed by atoms with Gasteiger partial charge in [0, 0.05) is 15.5 Å². The standard InChI is InChI=1S/C15H16ClN3O4S/c1-15(2)10(13(21)22)19-11(20)9(12(19)24-15)18-14(23)17-8-5-3-7(16)4-6-8/h3-6,9-10,12H,1-2H3,(H,21,22)(H2,17,18,23)/t9?,10-,12?/m0/s1. The first-order valence-corrected chi connectivity index (χ1v) is 8.52. The zero-order valence-corrected chi connectivity index (χ0v) is 14.5. The van der Waals surface area contributed by atoms with E-state index in [2.05, 4.69) is 10.6 Å². The number of carboxylic acid groups (broad SMARTS) is 1. The average molecular weight is 370 g/mol. The van der Waals surface area contributed by atoms with Crippen LogP contribution in [0, 0.1) is 0 Å². The van der Waals surface area contributed by atoms with Gasteiger partial charge in [0.05, 0.1) is 0 Å². The summed E-state index contributed by atoms with van der Waals surface area (Å²) in [6, 6.07) is 4.42. The molecule has 2 aliphatic rings. The van der Waals surface area contributed by atoms with Crippen LogP contribution in [0.25, 0.3) is 0 Å². The summed E-state index contributed by atoms with van der Waals surface area (Å²) in [5.74, 6) is -1.41. The molecule has 0 aromatic heterocycles. The van der Waals surface area contributed by atoms with Gasteiger partial charge in [-0.25, -0.2) is 9.59 Å². The number of nitrogens with zero attached hydrogens (tertiary/aromatic N) is 1. The largest absolute Gasteiger partial charge is 0.480 e. The molecular formula is C15H16ClN3O4S. The van der Waals surface area contributed by atoms with Gasteiger partial charge in [0.2, 0.25) is 5.91 Å². The van der Waals surface area contributed by atoms with Crippen LogP contribution in [-0.4, -0.2) is 50.1 Å². The van der Waals surface area contributed by atoms with Gasteiger partial charge in [0.15, 0.2) is 0 Å². The van der Waals surface area contributed by atoms with Gasteiger partial charge >= 0.3 is 12.0 Å². The smallest absolute Gasteiger partial charge is 0.327 e. The Hall–Kier alpha value is -1.93. The Morgan fingerprint density at radius 2 is 1.92 bits per heavy atom. The van der Waals surface area contributed by atoms with Crippen LogP contribution in [0.3, 0.4) is 0 Å². The Bertz CT molecular complexity index is 709. The van der Waals surface area contributed by atoms with Crippen molar-refractivity contribution in [2.75, 3.05) is 5.32 Å². The minimum absolute atomic E-state index is 0.371. The van der Waals surface area contributed by atoms with Crippen LogP contribution in [0.2, 0.25) is 5.02 Å². The number of urea groups is 1. The summed E-state index contributed by atoms with van der Waals surface area (Å²) in [4.78, 5) is 37.1. The maximum Gasteiger partial charge on any atom is 0.327 e. The van der Waals surface area contributed by atoms with Crippen molar-refractivity contribution >= 4 is 47.0 Å². The fourth-order valence-electron chi connectivity index (χ4n) is 2.99. The first-order valence-electron chi connectivity index (χ1n) is 7.26. The molecule has 2 heterocycles. The highest BCUT2D eigenvalue weighted by Crippen LogP contribution is 2.50. The van der Waals surface area contributed by atoms with Gasteiger partial charge < -0.3 is 20.6 Å². The summed E-state index contributed by atoms with van der Waals surface area (Å²) in [6.45, 7) is 3.57. The molecule has 128 valence electrons. The lowest BCUT2D eigenvalue weighted by Crippen LogP contribution is -2.70. The molecule has 3 atom stereocenters. The first-order chi connectivity index (χ1) is 11.2. The normalized spacial score (nSPS) is 27.2. The fraction of sp³-hybridized carbons (Fsp3) is 0.400. The molecule has 0 bridgehead atoms. The van der Waals surface area contributed by atoms with Crippen molar-refractivity contribution in [1.29, 1.82) is 0 Å². The Morgan fingerprint density at radius 1 is 1.29 bits per heavy atom. The predicted molar refractivity (Wildman–Crippen MR) is 91.1 cm³/mol. The van der Waals surface area contributed by atoms with Crippen molar-refractivity contribution in [3.8, 4) is 0 Å². The second-order valence-corrected chi connectivity index (χ2v) is 8.39. The number of hydrogen-bond donors (Lipinski definition) is 3. The van der Waals surface area contributed by atoms with Gasteiger partial charge in [-0.1, -0.05) is 11.6 Å².